The third-order valence-corrected chi connectivity index (χ3v) is 3.44. The highest BCUT2D eigenvalue weighted by Crippen LogP contribution is 2.29. The van der Waals surface area contributed by atoms with Crippen LogP contribution in [0.3, 0.4) is 0 Å². The molecule has 6 nitrogen and oxygen atoms in total. The molecule has 1 N–H and O–H groups in total. The molecule has 0 saturated heterocycles. The molecule has 1 rings (SSSR count). The monoisotopic (exact) mass is 267 g/mol. The van der Waals surface area contributed by atoms with Crippen molar-refractivity contribution in [3.05, 3.63) is 0 Å². The number of nitriles is 1. The smallest absolute Gasteiger partial charge is 0.329 e. The Balaban J connectivity index is 2.86. The predicted octanol–water partition coefficient (Wildman–Crippen LogP) is 1.67. The highest BCUT2D eigenvalue weighted by Gasteiger charge is 2.42. The van der Waals surface area contributed by atoms with E-state index in [-0.39, 0.29) is 18.5 Å². The van der Waals surface area contributed by atoms with Crippen LogP contribution >= 0.6 is 0 Å². The van der Waals surface area contributed by atoms with Gasteiger partial charge in [-0.15, -0.1) is 0 Å². The lowest BCUT2D eigenvalue weighted by Gasteiger charge is -2.38. The van der Waals surface area contributed by atoms with E-state index < -0.39 is 11.5 Å². The molecule has 1 aliphatic carbocycles. The molecule has 1 aliphatic rings. The number of rotatable bonds is 6. The van der Waals surface area contributed by atoms with Crippen LogP contribution in [0, 0.1) is 11.3 Å². The van der Waals surface area contributed by atoms with E-state index in [2.05, 4.69) is 0 Å². The van der Waals surface area contributed by atoms with Crippen molar-refractivity contribution in [2.24, 2.45) is 0 Å². The normalized spacial score (nSPS) is 14.6. The van der Waals surface area contributed by atoms with Crippen LogP contribution in [0.5, 0.6) is 0 Å². The molecule has 0 aliphatic heterocycles. The van der Waals surface area contributed by atoms with Crippen LogP contribution in [-0.2, 0) is 4.79 Å². The van der Waals surface area contributed by atoms with E-state index in [0.717, 1.165) is 12.8 Å². The van der Waals surface area contributed by atoms with Gasteiger partial charge < -0.3 is 14.9 Å². The summed E-state index contributed by atoms with van der Waals surface area (Å²) in [6, 6.07) is 1.91. The van der Waals surface area contributed by atoms with E-state index in [1.807, 2.05) is 6.07 Å². The van der Waals surface area contributed by atoms with Crippen molar-refractivity contribution in [2.75, 3.05) is 13.1 Å². The first-order valence-corrected chi connectivity index (χ1v) is 6.54. The molecule has 0 aromatic carbocycles. The Bertz CT molecular complexity index is 396. The Hall–Kier alpha value is -1.77. The minimum atomic E-state index is -1.24. The number of carboxylic acid groups (broad SMARTS) is 1. The zero-order valence-electron chi connectivity index (χ0n) is 11.7. The molecule has 6 heteroatoms. The van der Waals surface area contributed by atoms with Crippen molar-refractivity contribution >= 4 is 12.0 Å². The van der Waals surface area contributed by atoms with Crippen LogP contribution < -0.4 is 0 Å². The van der Waals surface area contributed by atoms with Crippen molar-refractivity contribution in [3.8, 4) is 6.07 Å². The Morgan fingerprint density at radius 2 is 2.00 bits per heavy atom. The number of hydrogen-bond acceptors (Lipinski definition) is 3. The average Bonchev–Trinajstić information content (AvgIpc) is 3.14. The van der Waals surface area contributed by atoms with Gasteiger partial charge in [0, 0.05) is 19.1 Å². The molecule has 1 fully saturated rings. The van der Waals surface area contributed by atoms with E-state index in [9.17, 15) is 14.7 Å². The number of carbonyl (C=O) groups excluding carboxylic acids is 1. The Kier molecular flexibility index (Phi) is 4.76. The van der Waals surface area contributed by atoms with Gasteiger partial charge in [-0.1, -0.05) is 0 Å². The highest BCUT2D eigenvalue weighted by atomic mass is 16.4. The van der Waals surface area contributed by atoms with E-state index in [1.165, 1.54) is 18.7 Å². The van der Waals surface area contributed by atoms with Gasteiger partial charge in [-0.3, -0.25) is 0 Å². The predicted molar refractivity (Wildman–Crippen MR) is 69.4 cm³/mol. The quantitative estimate of drug-likeness (QED) is 0.793. The molecule has 0 heterocycles. The molecule has 0 radical (unpaired) electrons. The summed E-state index contributed by atoms with van der Waals surface area (Å²) in [5.74, 6) is -1.03. The third kappa shape index (κ3) is 3.37. The van der Waals surface area contributed by atoms with Crippen LogP contribution in [0.1, 0.15) is 40.0 Å². The van der Waals surface area contributed by atoms with Crippen LogP contribution in [0.2, 0.25) is 0 Å². The Morgan fingerprint density at radius 1 is 1.42 bits per heavy atom. The summed E-state index contributed by atoms with van der Waals surface area (Å²) in [7, 11) is 0. The van der Waals surface area contributed by atoms with Crippen LogP contribution in [0.15, 0.2) is 0 Å². The summed E-state index contributed by atoms with van der Waals surface area (Å²) in [5.41, 5.74) is -1.24. The topological polar surface area (TPSA) is 84.6 Å². The minimum absolute atomic E-state index is 0.166. The zero-order chi connectivity index (χ0) is 14.6. The van der Waals surface area contributed by atoms with Gasteiger partial charge in [0.25, 0.3) is 0 Å². The number of hydrogen-bond donors (Lipinski definition) is 1. The van der Waals surface area contributed by atoms with Crippen molar-refractivity contribution in [2.45, 2.75) is 51.6 Å². The number of nitrogens with zero attached hydrogens (tertiary/aromatic N) is 3. The highest BCUT2D eigenvalue weighted by molar-refractivity contribution is 5.85. The van der Waals surface area contributed by atoms with Gasteiger partial charge in [-0.05, 0) is 33.6 Å². The third-order valence-electron chi connectivity index (χ3n) is 3.44. The number of amides is 2. The second kappa shape index (κ2) is 5.91. The SMILES string of the molecule is CCN(C(=O)N(CCC#N)C1CC1)C(C)(C)C(=O)O. The summed E-state index contributed by atoms with van der Waals surface area (Å²) in [5, 5.41) is 17.9. The average molecular weight is 267 g/mol. The zero-order valence-corrected chi connectivity index (χ0v) is 11.7. The Morgan fingerprint density at radius 3 is 2.37 bits per heavy atom. The molecule has 106 valence electrons. The van der Waals surface area contributed by atoms with E-state index >= 15 is 0 Å². The lowest BCUT2D eigenvalue weighted by Crippen LogP contribution is -2.57. The van der Waals surface area contributed by atoms with Crippen molar-refractivity contribution in [1.82, 2.24) is 9.80 Å². The van der Waals surface area contributed by atoms with Crippen molar-refractivity contribution in [1.29, 1.82) is 5.26 Å². The van der Waals surface area contributed by atoms with Gasteiger partial charge in [-0.2, -0.15) is 5.26 Å². The fourth-order valence-electron chi connectivity index (χ4n) is 2.03. The molecule has 0 bridgehead atoms. The van der Waals surface area contributed by atoms with E-state index in [4.69, 9.17) is 5.26 Å². The van der Waals surface area contributed by atoms with Gasteiger partial charge >= 0.3 is 12.0 Å². The van der Waals surface area contributed by atoms with Gasteiger partial charge in [0.15, 0.2) is 0 Å². The van der Waals surface area contributed by atoms with Gasteiger partial charge in [-0.25, -0.2) is 9.59 Å². The standard InChI is InChI=1S/C13H21N3O3/c1-4-16(13(2,3)11(17)18)12(19)15(9-5-8-14)10-6-7-10/h10H,4-7,9H2,1-3H3,(H,17,18). The lowest BCUT2D eigenvalue weighted by molar-refractivity contribution is -0.147. The van der Waals surface area contributed by atoms with Crippen molar-refractivity contribution in [3.63, 3.8) is 0 Å². The molecule has 0 atom stereocenters. The Labute approximate surface area is 113 Å². The molecule has 0 aromatic rings. The van der Waals surface area contributed by atoms with Crippen molar-refractivity contribution < 1.29 is 14.7 Å². The van der Waals surface area contributed by atoms with E-state index in [1.54, 1.807) is 11.8 Å². The molecule has 2 amide bonds. The molecule has 0 unspecified atom stereocenters. The fourth-order valence-corrected chi connectivity index (χ4v) is 2.03. The fraction of sp³-hybridized carbons (Fsp3) is 0.769. The van der Waals surface area contributed by atoms with Gasteiger partial charge in [0.1, 0.15) is 5.54 Å². The molecule has 0 spiro atoms. The van der Waals surface area contributed by atoms with Gasteiger partial charge in [0.2, 0.25) is 0 Å². The minimum Gasteiger partial charge on any atom is -0.480 e. The number of urea groups is 1. The van der Waals surface area contributed by atoms with E-state index in [0.29, 0.717) is 13.1 Å². The maximum Gasteiger partial charge on any atom is 0.329 e. The first kappa shape index (κ1) is 15.3. The molecule has 19 heavy (non-hydrogen) atoms. The summed E-state index contributed by atoms with van der Waals surface area (Å²) in [6.45, 7) is 5.50. The summed E-state index contributed by atoms with van der Waals surface area (Å²) in [4.78, 5) is 26.8. The maximum atomic E-state index is 12.5. The number of likely N-dealkylation sites (N-methyl/N-ethyl adjacent to an activating group) is 1. The summed E-state index contributed by atoms with van der Waals surface area (Å²) >= 11 is 0. The largest absolute Gasteiger partial charge is 0.480 e. The second-order valence-corrected chi connectivity index (χ2v) is 5.22. The number of aliphatic carboxylic acids is 1. The van der Waals surface area contributed by atoms with Crippen LogP contribution in [0.4, 0.5) is 4.79 Å². The maximum absolute atomic E-state index is 12.5. The molecule has 0 aromatic heterocycles. The summed E-state index contributed by atoms with van der Waals surface area (Å²) in [6.07, 6.45) is 2.14. The van der Waals surface area contributed by atoms with Gasteiger partial charge in [0.05, 0.1) is 12.5 Å². The molecule has 1 saturated carbocycles. The van der Waals surface area contributed by atoms with Crippen LogP contribution in [-0.4, -0.2) is 51.6 Å². The first-order valence-electron chi connectivity index (χ1n) is 6.54. The summed E-state index contributed by atoms with van der Waals surface area (Å²) < 4.78 is 0. The second-order valence-electron chi connectivity index (χ2n) is 5.22. The molecular weight excluding hydrogens is 246 g/mol. The number of carbonyl (C=O) groups is 2. The molecular formula is C13H21N3O3. The first-order chi connectivity index (χ1) is 8.86. The number of carboxylic acids is 1. The lowest BCUT2D eigenvalue weighted by atomic mass is 10.0. The van der Waals surface area contributed by atoms with Crippen LogP contribution in [0.25, 0.3) is 0 Å².